The van der Waals surface area contributed by atoms with Gasteiger partial charge < -0.3 is 21.3 Å². The van der Waals surface area contributed by atoms with Crippen LogP contribution in [-0.4, -0.2) is 37.1 Å². The van der Waals surface area contributed by atoms with E-state index in [1.165, 1.54) is 18.7 Å². The van der Waals surface area contributed by atoms with Crippen LogP contribution in [0.25, 0.3) is 0 Å². The summed E-state index contributed by atoms with van der Waals surface area (Å²) in [6, 6.07) is 0.879. The molecule has 0 amide bonds. The second kappa shape index (κ2) is 4.78. The Morgan fingerprint density at radius 3 is 2.62 bits per heavy atom. The monoisotopic (exact) mass is 222 g/mol. The van der Waals surface area contributed by atoms with E-state index in [9.17, 15) is 0 Å². The van der Waals surface area contributed by atoms with Crippen LogP contribution in [-0.2, 0) is 0 Å². The van der Waals surface area contributed by atoms with Crippen molar-refractivity contribution in [3.05, 3.63) is 23.7 Å². The van der Waals surface area contributed by atoms with Crippen LogP contribution in [0.2, 0.25) is 0 Å². The van der Waals surface area contributed by atoms with Crippen LogP contribution in [0.3, 0.4) is 0 Å². The van der Waals surface area contributed by atoms with E-state index in [4.69, 9.17) is 5.73 Å². The molecular weight excluding hydrogens is 200 g/mol. The van der Waals surface area contributed by atoms with Crippen LogP contribution in [0.1, 0.15) is 19.8 Å². The third-order valence-electron chi connectivity index (χ3n) is 3.53. The van der Waals surface area contributed by atoms with Gasteiger partial charge in [-0.2, -0.15) is 0 Å². The Morgan fingerprint density at radius 2 is 2.00 bits per heavy atom. The highest BCUT2D eigenvalue weighted by Crippen LogP contribution is 2.17. The van der Waals surface area contributed by atoms with E-state index in [-0.39, 0.29) is 6.04 Å². The molecule has 2 aliphatic rings. The van der Waals surface area contributed by atoms with E-state index in [0.717, 1.165) is 18.8 Å². The number of dihydropyridines is 1. The molecule has 2 aliphatic heterocycles. The van der Waals surface area contributed by atoms with E-state index in [1.807, 2.05) is 6.08 Å². The van der Waals surface area contributed by atoms with Gasteiger partial charge in [0, 0.05) is 18.8 Å². The second-order valence-corrected chi connectivity index (χ2v) is 4.68. The van der Waals surface area contributed by atoms with Crippen molar-refractivity contribution in [3.63, 3.8) is 0 Å². The summed E-state index contributed by atoms with van der Waals surface area (Å²) >= 11 is 0. The van der Waals surface area contributed by atoms with Crippen LogP contribution in [0.15, 0.2) is 23.7 Å². The number of hydrogen-bond donors (Lipinski definition) is 3. The molecule has 2 heterocycles. The molecular formula is C12H22N4. The predicted octanol–water partition coefficient (Wildman–Crippen LogP) is 0.346. The Kier molecular flexibility index (Phi) is 3.39. The number of nitrogens with two attached hydrogens (primary N) is 1. The lowest BCUT2D eigenvalue weighted by Gasteiger charge is -2.37. The Labute approximate surface area is 97.6 Å². The molecule has 0 saturated carbocycles. The minimum atomic E-state index is 0.240. The van der Waals surface area contributed by atoms with Crippen molar-refractivity contribution in [1.82, 2.24) is 15.5 Å². The highest BCUT2D eigenvalue weighted by molar-refractivity contribution is 5.24. The normalized spacial score (nSPS) is 26.8. The molecule has 0 radical (unpaired) electrons. The van der Waals surface area contributed by atoms with E-state index in [1.54, 1.807) is 0 Å². The summed E-state index contributed by atoms with van der Waals surface area (Å²) in [7, 11) is 2.16. The van der Waals surface area contributed by atoms with Gasteiger partial charge in [0.2, 0.25) is 0 Å². The van der Waals surface area contributed by atoms with Crippen molar-refractivity contribution < 1.29 is 0 Å². The van der Waals surface area contributed by atoms with Gasteiger partial charge in [-0.3, -0.25) is 0 Å². The van der Waals surface area contributed by atoms with Crippen molar-refractivity contribution >= 4 is 0 Å². The lowest BCUT2D eigenvalue weighted by Crippen LogP contribution is -2.46. The number of allylic oxidation sites excluding steroid dienone is 2. The van der Waals surface area contributed by atoms with Gasteiger partial charge in [-0.1, -0.05) is 0 Å². The van der Waals surface area contributed by atoms with E-state index in [0.29, 0.717) is 6.04 Å². The first-order chi connectivity index (χ1) is 7.68. The lowest BCUT2D eigenvalue weighted by molar-refractivity contribution is 0.228. The first kappa shape index (κ1) is 11.3. The molecule has 4 nitrogen and oxygen atoms in total. The standard InChI is InChI=1S/C12H22N4/c1-9-11(13)3-4-12(15-9)16(2)10-5-7-14-8-6-10/h3-4,9-10,14-15H,5-8,13H2,1-2H3. The summed E-state index contributed by atoms with van der Waals surface area (Å²) in [6.07, 6.45) is 6.51. The molecule has 0 aromatic rings. The third-order valence-corrected chi connectivity index (χ3v) is 3.53. The topological polar surface area (TPSA) is 53.3 Å². The highest BCUT2D eigenvalue weighted by atomic mass is 15.3. The summed E-state index contributed by atoms with van der Waals surface area (Å²) in [5.74, 6) is 1.19. The molecule has 1 saturated heterocycles. The quantitative estimate of drug-likeness (QED) is 0.631. The van der Waals surface area contributed by atoms with Gasteiger partial charge in [-0.05, 0) is 45.0 Å². The minimum Gasteiger partial charge on any atom is -0.400 e. The maximum absolute atomic E-state index is 5.84. The molecule has 4 N–H and O–H groups in total. The van der Waals surface area contributed by atoms with Crippen LogP contribution in [0.5, 0.6) is 0 Å². The molecule has 0 spiro atoms. The van der Waals surface area contributed by atoms with Gasteiger partial charge in [0.05, 0.1) is 6.04 Å². The van der Waals surface area contributed by atoms with Crippen molar-refractivity contribution in [3.8, 4) is 0 Å². The van der Waals surface area contributed by atoms with Gasteiger partial charge >= 0.3 is 0 Å². The molecule has 1 unspecified atom stereocenters. The lowest BCUT2D eigenvalue weighted by atomic mass is 10.0. The highest BCUT2D eigenvalue weighted by Gasteiger charge is 2.21. The molecule has 0 bridgehead atoms. The van der Waals surface area contributed by atoms with Crippen LogP contribution in [0, 0.1) is 0 Å². The SMILES string of the molecule is CC1NC(N(C)C2CCNCC2)=CC=C1N. The molecule has 1 atom stereocenters. The second-order valence-electron chi connectivity index (χ2n) is 4.68. The zero-order chi connectivity index (χ0) is 11.5. The molecule has 0 aliphatic carbocycles. The zero-order valence-corrected chi connectivity index (χ0v) is 10.2. The summed E-state index contributed by atoms with van der Waals surface area (Å²) in [6.45, 7) is 4.33. The summed E-state index contributed by atoms with van der Waals surface area (Å²) in [5.41, 5.74) is 6.75. The first-order valence-electron chi connectivity index (χ1n) is 6.06. The van der Waals surface area contributed by atoms with Crippen molar-refractivity contribution in [2.75, 3.05) is 20.1 Å². The Hall–Kier alpha value is -1.16. The van der Waals surface area contributed by atoms with Crippen LogP contribution >= 0.6 is 0 Å². The fourth-order valence-corrected chi connectivity index (χ4v) is 2.28. The first-order valence-corrected chi connectivity index (χ1v) is 6.06. The van der Waals surface area contributed by atoms with Gasteiger partial charge in [0.25, 0.3) is 0 Å². The number of nitrogens with one attached hydrogen (secondary N) is 2. The van der Waals surface area contributed by atoms with Gasteiger partial charge in [0.15, 0.2) is 0 Å². The molecule has 1 fully saturated rings. The van der Waals surface area contributed by atoms with Crippen LogP contribution in [0.4, 0.5) is 0 Å². The zero-order valence-electron chi connectivity index (χ0n) is 10.2. The van der Waals surface area contributed by atoms with E-state index >= 15 is 0 Å². The maximum Gasteiger partial charge on any atom is 0.102 e. The fraction of sp³-hybridized carbons (Fsp3) is 0.667. The number of nitrogens with zero attached hydrogens (tertiary/aromatic N) is 1. The molecule has 2 rings (SSSR count). The van der Waals surface area contributed by atoms with Crippen molar-refractivity contribution in [1.29, 1.82) is 0 Å². The Balaban J connectivity index is 2.01. The molecule has 0 aromatic heterocycles. The predicted molar refractivity (Wildman–Crippen MR) is 66.6 cm³/mol. The maximum atomic E-state index is 5.84. The summed E-state index contributed by atoms with van der Waals surface area (Å²) in [4.78, 5) is 2.35. The molecule has 16 heavy (non-hydrogen) atoms. The smallest absolute Gasteiger partial charge is 0.102 e. The molecule has 4 heteroatoms. The summed E-state index contributed by atoms with van der Waals surface area (Å²) < 4.78 is 0. The third kappa shape index (κ3) is 2.32. The van der Waals surface area contributed by atoms with Gasteiger partial charge in [0.1, 0.15) is 5.82 Å². The molecule has 0 aromatic carbocycles. The van der Waals surface area contributed by atoms with Gasteiger partial charge in [-0.15, -0.1) is 0 Å². The van der Waals surface area contributed by atoms with Crippen molar-refractivity contribution in [2.24, 2.45) is 5.73 Å². The average Bonchev–Trinajstić information content (AvgIpc) is 2.33. The number of rotatable bonds is 2. The number of piperidine rings is 1. The summed E-state index contributed by atoms with van der Waals surface area (Å²) in [5, 5.41) is 6.83. The minimum absolute atomic E-state index is 0.240. The van der Waals surface area contributed by atoms with Crippen LogP contribution < -0.4 is 16.4 Å². The van der Waals surface area contributed by atoms with Gasteiger partial charge in [-0.25, -0.2) is 0 Å². The largest absolute Gasteiger partial charge is 0.400 e. The van der Waals surface area contributed by atoms with E-state index in [2.05, 4.69) is 35.6 Å². The Morgan fingerprint density at radius 1 is 1.31 bits per heavy atom. The average molecular weight is 222 g/mol. The van der Waals surface area contributed by atoms with E-state index < -0.39 is 0 Å². The number of hydrogen-bond acceptors (Lipinski definition) is 4. The molecule has 90 valence electrons. The fourth-order valence-electron chi connectivity index (χ4n) is 2.28. The van der Waals surface area contributed by atoms with Crippen molar-refractivity contribution in [2.45, 2.75) is 31.8 Å². The Bertz CT molecular complexity index is 302.